The molecule has 0 aliphatic rings. The quantitative estimate of drug-likeness (QED) is 0.807. The molecule has 0 heterocycles. The average molecular weight is 256 g/mol. The summed E-state index contributed by atoms with van der Waals surface area (Å²) in [6.07, 6.45) is 0.915. The van der Waals surface area contributed by atoms with Gasteiger partial charge in [-0.15, -0.1) is 0 Å². The molecule has 2 rings (SSSR count). The van der Waals surface area contributed by atoms with Gasteiger partial charge in [0.25, 0.3) is 0 Å². The molecule has 3 nitrogen and oxygen atoms in total. The summed E-state index contributed by atoms with van der Waals surface area (Å²) in [5.41, 5.74) is 10.1. The van der Waals surface area contributed by atoms with E-state index in [4.69, 9.17) is 10.5 Å². The number of nitrogen functional groups attached to an aromatic ring is 1. The van der Waals surface area contributed by atoms with Crippen molar-refractivity contribution in [1.82, 2.24) is 0 Å². The van der Waals surface area contributed by atoms with Gasteiger partial charge in [0.2, 0.25) is 0 Å². The average Bonchev–Trinajstić information content (AvgIpc) is 2.44. The first kappa shape index (κ1) is 13.3. The van der Waals surface area contributed by atoms with E-state index in [1.165, 1.54) is 5.56 Å². The van der Waals surface area contributed by atoms with E-state index in [2.05, 4.69) is 11.4 Å². The van der Waals surface area contributed by atoms with Crippen molar-refractivity contribution in [2.24, 2.45) is 0 Å². The Bertz CT molecular complexity index is 552. The largest absolute Gasteiger partial charge is 0.496 e. The molecule has 0 amide bonds. The number of nitrogens with one attached hydrogen (secondary N) is 1. The maximum absolute atomic E-state index is 5.89. The van der Waals surface area contributed by atoms with Crippen LogP contribution in [0, 0.1) is 6.92 Å². The Morgan fingerprint density at radius 1 is 1.11 bits per heavy atom. The van der Waals surface area contributed by atoms with Crippen LogP contribution in [0.15, 0.2) is 42.5 Å². The molecular weight excluding hydrogens is 236 g/mol. The van der Waals surface area contributed by atoms with Crippen LogP contribution in [0.5, 0.6) is 5.75 Å². The first-order valence-electron chi connectivity index (χ1n) is 6.43. The van der Waals surface area contributed by atoms with Gasteiger partial charge >= 0.3 is 0 Å². The Morgan fingerprint density at radius 3 is 2.68 bits per heavy atom. The third-order valence-corrected chi connectivity index (χ3v) is 3.28. The molecule has 100 valence electrons. The van der Waals surface area contributed by atoms with Gasteiger partial charge in [-0.05, 0) is 42.7 Å². The number of hydrogen-bond acceptors (Lipinski definition) is 3. The standard InChI is InChI=1S/C16H20N2O/c1-12-14(17)7-5-8-15(12)18-11-10-13-6-3-4-9-16(13)19-2/h3-9,18H,10-11,17H2,1-2H3. The zero-order valence-corrected chi connectivity index (χ0v) is 11.4. The molecule has 0 aliphatic carbocycles. The predicted molar refractivity (Wildman–Crippen MR) is 80.8 cm³/mol. The van der Waals surface area contributed by atoms with E-state index >= 15 is 0 Å². The van der Waals surface area contributed by atoms with E-state index in [0.29, 0.717) is 0 Å². The van der Waals surface area contributed by atoms with Crippen LogP contribution in [0.2, 0.25) is 0 Å². The monoisotopic (exact) mass is 256 g/mol. The van der Waals surface area contributed by atoms with Crippen LogP contribution in [0.4, 0.5) is 11.4 Å². The molecule has 0 bridgehead atoms. The van der Waals surface area contributed by atoms with Crippen LogP contribution in [0.25, 0.3) is 0 Å². The maximum atomic E-state index is 5.89. The maximum Gasteiger partial charge on any atom is 0.122 e. The highest BCUT2D eigenvalue weighted by Gasteiger charge is 2.03. The van der Waals surface area contributed by atoms with Crippen LogP contribution in [0.3, 0.4) is 0 Å². The minimum atomic E-state index is 0.822. The second-order valence-corrected chi connectivity index (χ2v) is 4.51. The number of rotatable bonds is 5. The lowest BCUT2D eigenvalue weighted by Crippen LogP contribution is -2.07. The van der Waals surface area contributed by atoms with Gasteiger partial charge in [0, 0.05) is 17.9 Å². The Hall–Kier alpha value is -2.16. The number of hydrogen-bond donors (Lipinski definition) is 2. The second-order valence-electron chi connectivity index (χ2n) is 4.51. The van der Waals surface area contributed by atoms with Gasteiger partial charge in [0.1, 0.15) is 5.75 Å². The Kier molecular flexibility index (Phi) is 4.29. The van der Waals surface area contributed by atoms with Crippen molar-refractivity contribution in [1.29, 1.82) is 0 Å². The summed E-state index contributed by atoms with van der Waals surface area (Å²) < 4.78 is 5.34. The lowest BCUT2D eigenvalue weighted by atomic mass is 10.1. The summed E-state index contributed by atoms with van der Waals surface area (Å²) in [6, 6.07) is 14.0. The molecule has 0 radical (unpaired) electrons. The Morgan fingerprint density at radius 2 is 1.89 bits per heavy atom. The van der Waals surface area contributed by atoms with Crippen molar-refractivity contribution >= 4 is 11.4 Å². The summed E-state index contributed by atoms with van der Waals surface area (Å²) in [6.45, 7) is 2.88. The van der Waals surface area contributed by atoms with Gasteiger partial charge in [0.15, 0.2) is 0 Å². The predicted octanol–water partition coefficient (Wildman–Crippen LogP) is 3.24. The first-order chi connectivity index (χ1) is 9.22. The molecule has 19 heavy (non-hydrogen) atoms. The first-order valence-corrected chi connectivity index (χ1v) is 6.43. The lowest BCUT2D eigenvalue weighted by molar-refractivity contribution is 0.410. The minimum absolute atomic E-state index is 0.822. The number of nitrogens with two attached hydrogens (primary N) is 1. The lowest BCUT2D eigenvalue weighted by Gasteiger charge is -2.12. The fourth-order valence-electron chi connectivity index (χ4n) is 2.09. The van der Waals surface area contributed by atoms with E-state index < -0.39 is 0 Å². The SMILES string of the molecule is COc1ccccc1CCNc1cccc(N)c1C. The van der Waals surface area contributed by atoms with Crippen LogP contribution in [-0.4, -0.2) is 13.7 Å². The molecule has 2 aromatic rings. The summed E-state index contributed by atoms with van der Waals surface area (Å²) in [5, 5.41) is 3.42. The Balaban J connectivity index is 1.98. The molecule has 2 aromatic carbocycles. The van der Waals surface area contributed by atoms with Crippen LogP contribution >= 0.6 is 0 Å². The van der Waals surface area contributed by atoms with Crippen molar-refractivity contribution in [3.8, 4) is 5.75 Å². The number of ether oxygens (including phenoxy) is 1. The molecule has 0 saturated carbocycles. The number of benzene rings is 2. The third kappa shape index (κ3) is 3.19. The minimum Gasteiger partial charge on any atom is -0.496 e. The van der Waals surface area contributed by atoms with Crippen molar-refractivity contribution in [3.05, 3.63) is 53.6 Å². The van der Waals surface area contributed by atoms with Crippen molar-refractivity contribution in [3.63, 3.8) is 0 Å². The molecule has 0 unspecified atom stereocenters. The van der Waals surface area contributed by atoms with Crippen molar-refractivity contribution < 1.29 is 4.74 Å². The number of anilines is 2. The highest BCUT2D eigenvalue weighted by atomic mass is 16.5. The Labute approximate surface area is 114 Å². The van der Waals surface area contributed by atoms with Gasteiger partial charge in [-0.25, -0.2) is 0 Å². The smallest absolute Gasteiger partial charge is 0.122 e. The van der Waals surface area contributed by atoms with Gasteiger partial charge in [-0.2, -0.15) is 0 Å². The van der Waals surface area contributed by atoms with Gasteiger partial charge in [-0.3, -0.25) is 0 Å². The van der Waals surface area contributed by atoms with Crippen molar-refractivity contribution in [2.75, 3.05) is 24.7 Å². The van der Waals surface area contributed by atoms with Gasteiger partial charge in [0.05, 0.1) is 7.11 Å². The zero-order chi connectivity index (χ0) is 13.7. The zero-order valence-electron chi connectivity index (χ0n) is 11.4. The van der Waals surface area contributed by atoms with Crippen molar-refractivity contribution in [2.45, 2.75) is 13.3 Å². The third-order valence-electron chi connectivity index (χ3n) is 3.28. The molecule has 0 saturated heterocycles. The summed E-state index contributed by atoms with van der Waals surface area (Å²) >= 11 is 0. The molecule has 0 aromatic heterocycles. The molecule has 3 N–H and O–H groups in total. The fraction of sp³-hybridized carbons (Fsp3) is 0.250. The van der Waals surface area contributed by atoms with Crippen LogP contribution < -0.4 is 15.8 Å². The van der Waals surface area contributed by atoms with Crippen LogP contribution in [-0.2, 0) is 6.42 Å². The second kappa shape index (κ2) is 6.14. The van der Waals surface area contributed by atoms with E-state index in [1.807, 2.05) is 43.3 Å². The van der Waals surface area contributed by atoms with E-state index in [0.717, 1.165) is 35.7 Å². The molecule has 0 fully saturated rings. The van der Waals surface area contributed by atoms with E-state index in [9.17, 15) is 0 Å². The number of methoxy groups -OCH3 is 1. The summed E-state index contributed by atoms with van der Waals surface area (Å²) in [4.78, 5) is 0. The molecule has 0 atom stereocenters. The highest BCUT2D eigenvalue weighted by molar-refractivity contribution is 5.62. The fourth-order valence-corrected chi connectivity index (χ4v) is 2.09. The number of para-hydroxylation sites is 1. The summed E-state index contributed by atoms with van der Waals surface area (Å²) in [5.74, 6) is 0.939. The molecule has 0 spiro atoms. The molecular formula is C16H20N2O. The highest BCUT2D eigenvalue weighted by Crippen LogP contribution is 2.21. The van der Waals surface area contributed by atoms with E-state index in [-0.39, 0.29) is 0 Å². The van der Waals surface area contributed by atoms with Crippen LogP contribution in [0.1, 0.15) is 11.1 Å². The van der Waals surface area contributed by atoms with Gasteiger partial charge < -0.3 is 15.8 Å². The molecule has 0 aliphatic heterocycles. The summed E-state index contributed by atoms with van der Waals surface area (Å²) in [7, 11) is 1.70. The molecule has 3 heteroatoms. The topological polar surface area (TPSA) is 47.3 Å². The van der Waals surface area contributed by atoms with E-state index in [1.54, 1.807) is 7.11 Å². The normalized spacial score (nSPS) is 10.2. The van der Waals surface area contributed by atoms with Gasteiger partial charge in [-0.1, -0.05) is 24.3 Å².